The highest BCUT2D eigenvalue weighted by Crippen LogP contribution is 2.47. The number of nitrogens with zero attached hydrogens (tertiary/aromatic N) is 2. The Morgan fingerprint density at radius 2 is 0.745 bits per heavy atom. The van der Waals surface area contributed by atoms with E-state index in [0.717, 1.165) is 0 Å². The summed E-state index contributed by atoms with van der Waals surface area (Å²) in [5.74, 6) is 0. The number of thiophene rings is 1. The van der Waals surface area contributed by atoms with Crippen LogP contribution in [0.25, 0.3) is 97.4 Å². The summed E-state index contributed by atoms with van der Waals surface area (Å²) in [5, 5.41) is 7.72. The molecule has 8 aromatic carbocycles. The van der Waals surface area contributed by atoms with E-state index in [2.05, 4.69) is 191 Å². The average Bonchev–Trinajstić information content (AvgIpc) is 3.86. The lowest BCUT2D eigenvalue weighted by Crippen LogP contribution is -1.94. The smallest absolute Gasteiger partial charge is 0.0719 e. The van der Waals surface area contributed by atoms with E-state index in [-0.39, 0.29) is 0 Å². The van der Waals surface area contributed by atoms with Crippen LogP contribution in [0, 0.1) is 0 Å². The summed E-state index contributed by atoms with van der Waals surface area (Å²) in [6.07, 6.45) is 0. The van der Waals surface area contributed by atoms with E-state index in [1.54, 1.807) is 0 Å². The molecule has 0 amide bonds. The molecule has 0 saturated heterocycles. The molecule has 0 bridgehead atoms. The molecule has 0 unspecified atom stereocenters. The molecule has 0 aliphatic heterocycles. The third kappa shape index (κ3) is 4.22. The van der Waals surface area contributed by atoms with Crippen LogP contribution in [0.3, 0.4) is 0 Å². The Balaban J connectivity index is 1.20. The van der Waals surface area contributed by atoms with E-state index in [4.69, 9.17) is 0 Å². The van der Waals surface area contributed by atoms with Gasteiger partial charge in [0.05, 0.1) is 26.8 Å². The highest BCUT2D eigenvalue weighted by atomic mass is 32.1. The lowest BCUT2D eigenvalue weighted by atomic mass is 10.0. The fourth-order valence-corrected chi connectivity index (χ4v) is 9.47. The van der Waals surface area contributed by atoms with Crippen LogP contribution < -0.4 is 0 Å². The Hall–Kier alpha value is -6.42. The van der Waals surface area contributed by atoms with Crippen LogP contribution in [0.4, 0.5) is 0 Å². The Kier molecular flexibility index (Phi) is 6.16. The minimum atomic E-state index is 1.17. The van der Waals surface area contributed by atoms with Crippen LogP contribution in [0.5, 0.6) is 0 Å². The second-order valence-corrected chi connectivity index (χ2v) is 14.4. The number of aromatic nitrogens is 2. The molecule has 0 aliphatic carbocycles. The van der Waals surface area contributed by atoms with Gasteiger partial charge in [-0.2, -0.15) is 0 Å². The molecule has 3 heterocycles. The molecule has 11 rings (SSSR count). The van der Waals surface area contributed by atoms with Crippen molar-refractivity contribution in [2.24, 2.45) is 0 Å². The van der Waals surface area contributed by atoms with Crippen LogP contribution in [0.2, 0.25) is 0 Å². The third-order valence-corrected chi connectivity index (χ3v) is 11.7. The van der Waals surface area contributed by atoms with Crippen molar-refractivity contribution in [3.8, 4) is 33.6 Å². The fraction of sp³-hybridized carbons (Fsp3) is 0. The maximum Gasteiger partial charge on any atom is 0.0719 e. The van der Waals surface area contributed by atoms with E-state index in [9.17, 15) is 0 Å². The summed E-state index contributed by atoms with van der Waals surface area (Å²) in [6.45, 7) is 0. The van der Waals surface area contributed by atoms with Crippen LogP contribution in [-0.2, 0) is 0 Å². The summed E-state index contributed by atoms with van der Waals surface area (Å²) < 4.78 is 7.57. The number of rotatable bonds is 4. The summed E-state index contributed by atoms with van der Waals surface area (Å²) in [7, 11) is 0. The van der Waals surface area contributed by atoms with Gasteiger partial charge in [0, 0.05) is 48.4 Å². The summed E-state index contributed by atoms with van der Waals surface area (Å²) in [4.78, 5) is 0. The molecular formula is C48H30N2S. The molecule has 51 heavy (non-hydrogen) atoms. The first-order chi connectivity index (χ1) is 25.3. The second kappa shape index (κ2) is 11.0. The zero-order valence-electron chi connectivity index (χ0n) is 27.6. The average molecular weight is 667 g/mol. The van der Waals surface area contributed by atoms with Crippen LogP contribution in [-0.4, -0.2) is 9.13 Å². The zero-order valence-corrected chi connectivity index (χ0v) is 28.4. The quantitative estimate of drug-likeness (QED) is 0.177. The Labute approximate surface area is 298 Å². The van der Waals surface area contributed by atoms with Gasteiger partial charge in [0.2, 0.25) is 0 Å². The van der Waals surface area contributed by atoms with Crippen molar-refractivity contribution in [3.63, 3.8) is 0 Å². The molecule has 3 heteroatoms. The molecule has 0 aliphatic rings. The molecule has 0 saturated carbocycles. The van der Waals surface area contributed by atoms with Gasteiger partial charge in [-0.1, -0.05) is 140 Å². The Morgan fingerprint density at radius 1 is 0.314 bits per heavy atom. The molecule has 0 spiro atoms. The minimum absolute atomic E-state index is 1.17. The minimum Gasteiger partial charge on any atom is -0.309 e. The molecule has 0 radical (unpaired) electrons. The topological polar surface area (TPSA) is 9.86 Å². The molecule has 238 valence electrons. The van der Waals surface area contributed by atoms with E-state index >= 15 is 0 Å². The van der Waals surface area contributed by atoms with Gasteiger partial charge in [-0.25, -0.2) is 0 Å². The number of hydrogen-bond acceptors (Lipinski definition) is 1. The lowest BCUT2D eigenvalue weighted by molar-refractivity contribution is 1.19. The Bertz CT molecular complexity index is 3090. The third-order valence-electron chi connectivity index (χ3n) is 10.5. The number of para-hydroxylation sites is 2. The molecule has 0 N–H and O–H groups in total. The van der Waals surface area contributed by atoms with Crippen molar-refractivity contribution in [2.75, 3.05) is 0 Å². The van der Waals surface area contributed by atoms with Gasteiger partial charge in [0.1, 0.15) is 0 Å². The van der Waals surface area contributed by atoms with Gasteiger partial charge in [0.25, 0.3) is 0 Å². The second-order valence-electron chi connectivity index (χ2n) is 13.3. The maximum absolute atomic E-state index is 2.48. The van der Waals surface area contributed by atoms with Crippen LogP contribution in [0.1, 0.15) is 0 Å². The molecule has 0 fully saturated rings. The first kappa shape index (κ1) is 28.4. The van der Waals surface area contributed by atoms with Gasteiger partial charge >= 0.3 is 0 Å². The first-order valence-corrected chi connectivity index (χ1v) is 18.3. The predicted octanol–water partition coefficient (Wildman–Crippen LogP) is 13.6. The van der Waals surface area contributed by atoms with Gasteiger partial charge in [-0.3, -0.25) is 0 Å². The molecule has 2 nitrogen and oxygen atoms in total. The van der Waals surface area contributed by atoms with Gasteiger partial charge in [0.15, 0.2) is 0 Å². The maximum atomic E-state index is 2.48. The van der Waals surface area contributed by atoms with Crippen molar-refractivity contribution in [2.45, 2.75) is 0 Å². The summed E-state index contributed by atoms with van der Waals surface area (Å²) in [5.41, 5.74) is 12.2. The van der Waals surface area contributed by atoms with E-state index in [1.807, 2.05) is 11.3 Å². The van der Waals surface area contributed by atoms with Gasteiger partial charge in [-0.15, -0.1) is 11.3 Å². The van der Waals surface area contributed by atoms with Crippen molar-refractivity contribution >= 4 is 75.1 Å². The largest absolute Gasteiger partial charge is 0.309 e. The number of benzene rings is 8. The monoisotopic (exact) mass is 666 g/mol. The highest BCUT2D eigenvalue weighted by Gasteiger charge is 2.22. The van der Waals surface area contributed by atoms with Crippen molar-refractivity contribution in [1.29, 1.82) is 0 Å². The highest BCUT2D eigenvalue weighted by molar-refractivity contribution is 7.26. The normalized spacial score (nSPS) is 11.9. The SMILES string of the molecule is c1ccc(-c2ccc(-n3c4ccccc4c4ccc5c(sc6ccc7c8ccccc8n(-c8ccc(-c9ccccc9)cc8)c7c65)c43)cc2)cc1. The molecule has 0 atom stereocenters. The van der Waals surface area contributed by atoms with E-state index in [0.29, 0.717) is 0 Å². The van der Waals surface area contributed by atoms with Gasteiger partial charge < -0.3 is 9.13 Å². The molecular weight excluding hydrogens is 637 g/mol. The molecule has 11 aromatic rings. The van der Waals surface area contributed by atoms with E-state index < -0.39 is 0 Å². The zero-order chi connectivity index (χ0) is 33.5. The Morgan fingerprint density at radius 3 is 1.31 bits per heavy atom. The number of hydrogen-bond donors (Lipinski definition) is 0. The standard InChI is InChI=1S/C48H30N2S/c1-3-11-31(12-4-1)33-19-23-35(24-20-33)49-42-17-9-7-15-37(42)39-29-30-44-45(46(39)49)41-28-27-40-38-16-8-10-18-43(38)50(47(40)48(41)51-44)36-25-21-34(22-26-36)32-13-5-2-6-14-32/h1-30H. The van der Waals surface area contributed by atoms with Crippen molar-refractivity contribution in [1.82, 2.24) is 9.13 Å². The van der Waals surface area contributed by atoms with E-state index in [1.165, 1.54) is 97.4 Å². The summed E-state index contributed by atoms with van der Waals surface area (Å²) >= 11 is 1.91. The number of fused-ring (bicyclic) bond motifs is 11. The van der Waals surface area contributed by atoms with Crippen molar-refractivity contribution < 1.29 is 0 Å². The fourth-order valence-electron chi connectivity index (χ4n) is 8.23. The lowest BCUT2D eigenvalue weighted by Gasteiger charge is -2.11. The predicted molar refractivity (Wildman–Crippen MR) is 219 cm³/mol. The van der Waals surface area contributed by atoms with Crippen LogP contribution in [0.15, 0.2) is 182 Å². The van der Waals surface area contributed by atoms with Crippen LogP contribution >= 0.6 is 11.3 Å². The van der Waals surface area contributed by atoms with Gasteiger partial charge in [-0.05, 0) is 64.7 Å². The first-order valence-electron chi connectivity index (χ1n) is 17.4. The van der Waals surface area contributed by atoms with Crippen molar-refractivity contribution in [3.05, 3.63) is 182 Å². The summed E-state index contributed by atoms with van der Waals surface area (Å²) in [6, 6.07) is 66.4. The molecule has 3 aromatic heterocycles.